The molecule has 0 amide bonds. The Bertz CT molecular complexity index is 978. The minimum absolute atomic E-state index is 0.139. The van der Waals surface area contributed by atoms with Gasteiger partial charge in [0.15, 0.2) is 5.78 Å². The molecule has 152 valence electrons. The number of phenolic OH excluding ortho intramolecular Hbond substituents is 1. The fraction of sp³-hybridized carbons (Fsp3) is 0.409. The van der Waals surface area contributed by atoms with Crippen molar-refractivity contribution in [3.63, 3.8) is 0 Å². The molecule has 0 fully saturated rings. The standard InChI is InChI=1S/C22H25N3O2S2/c1-21(2,3)15-7-13(8-16(18(15)27)22(4,5)6)9-17(26)14-10-25-20(29-12-24)19(14)28-11-23/h7-8,10,25,27H,9H2,1-6H3. The average Bonchev–Trinajstić information content (AvgIpc) is 2.98. The summed E-state index contributed by atoms with van der Waals surface area (Å²) in [5, 5.41) is 33.3. The number of carbonyl (C=O) groups is 1. The molecule has 5 nitrogen and oxygen atoms in total. The number of nitrogens with zero attached hydrogens (tertiary/aromatic N) is 2. The van der Waals surface area contributed by atoms with E-state index in [4.69, 9.17) is 10.5 Å². The van der Waals surface area contributed by atoms with E-state index >= 15 is 0 Å². The molecule has 1 aromatic carbocycles. The Kier molecular flexibility index (Phi) is 6.78. The summed E-state index contributed by atoms with van der Waals surface area (Å²) in [6, 6.07) is 3.77. The molecule has 1 heterocycles. The number of thioether (sulfide) groups is 2. The maximum Gasteiger partial charge on any atom is 0.169 e. The molecular weight excluding hydrogens is 402 g/mol. The number of thiocyanates is 2. The molecule has 2 N–H and O–H groups in total. The number of nitrogens with one attached hydrogen (secondary N) is 1. The van der Waals surface area contributed by atoms with Gasteiger partial charge in [0.25, 0.3) is 0 Å². The van der Waals surface area contributed by atoms with Gasteiger partial charge < -0.3 is 10.1 Å². The summed E-state index contributed by atoms with van der Waals surface area (Å²) < 4.78 is 0. The van der Waals surface area contributed by atoms with E-state index in [1.165, 1.54) is 0 Å². The van der Waals surface area contributed by atoms with Crippen LogP contribution < -0.4 is 0 Å². The van der Waals surface area contributed by atoms with Gasteiger partial charge >= 0.3 is 0 Å². The maximum atomic E-state index is 13.0. The Morgan fingerprint density at radius 3 is 2.00 bits per heavy atom. The molecule has 2 aromatic rings. The number of aromatic hydroxyl groups is 1. The second-order valence-electron chi connectivity index (χ2n) is 8.89. The topological polar surface area (TPSA) is 101 Å². The number of H-pyrrole nitrogens is 1. The average molecular weight is 428 g/mol. The van der Waals surface area contributed by atoms with Crippen LogP contribution in [0.25, 0.3) is 0 Å². The summed E-state index contributed by atoms with van der Waals surface area (Å²) in [5.74, 6) is 0.130. The van der Waals surface area contributed by atoms with E-state index in [0.717, 1.165) is 40.2 Å². The molecule has 29 heavy (non-hydrogen) atoms. The van der Waals surface area contributed by atoms with Crippen molar-refractivity contribution in [2.45, 2.75) is 68.7 Å². The third-order valence-electron chi connectivity index (χ3n) is 4.54. The van der Waals surface area contributed by atoms with Gasteiger partial charge in [-0.2, -0.15) is 10.5 Å². The van der Waals surface area contributed by atoms with Crippen LogP contribution in [0.1, 0.15) is 68.6 Å². The predicted octanol–water partition coefficient (Wildman–Crippen LogP) is 5.89. The van der Waals surface area contributed by atoms with Crippen LogP contribution in [0.5, 0.6) is 5.75 Å². The molecule has 0 bridgehead atoms. The third kappa shape index (κ3) is 5.18. The molecule has 7 heteroatoms. The van der Waals surface area contributed by atoms with Crippen LogP contribution >= 0.6 is 23.5 Å². The summed E-state index contributed by atoms with van der Waals surface area (Å²) in [6.45, 7) is 12.2. The van der Waals surface area contributed by atoms with Crippen molar-refractivity contribution in [2.24, 2.45) is 0 Å². The van der Waals surface area contributed by atoms with Crippen molar-refractivity contribution in [1.29, 1.82) is 10.5 Å². The molecule has 0 saturated heterocycles. The summed E-state index contributed by atoms with van der Waals surface area (Å²) in [4.78, 5) is 16.4. The van der Waals surface area contributed by atoms with Gasteiger partial charge in [-0.3, -0.25) is 4.79 Å². The Balaban J connectivity index is 2.51. The first-order chi connectivity index (χ1) is 13.4. The summed E-state index contributed by atoms with van der Waals surface area (Å²) in [6.07, 6.45) is 1.69. The van der Waals surface area contributed by atoms with E-state index in [2.05, 4.69) is 4.98 Å². The van der Waals surface area contributed by atoms with Gasteiger partial charge in [0.05, 0.1) is 10.5 Å². The number of carbonyl (C=O) groups excluding carboxylic acids is 1. The number of hydrogen-bond donors (Lipinski definition) is 2. The first-order valence-electron chi connectivity index (χ1n) is 9.13. The summed E-state index contributed by atoms with van der Waals surface area (Å²) in [5.41, 5.74) is 2.25. The first-order valence-corrected chi connectivity index (χ1v) is 10.8. The highest BCUT2D eigenvalue weighted by Crippen LogP contribution is 2.40. The summed E-state index contributed by atoms with van der Waals surface area (Å²) in [7, 11) is 0. The van der Waals surface area contributed by atoms with Gasteiger partial charge in [0.2, 0.25) is 0 Å². The molecule has 0 saturated carbocycles. The largest absolute Gasteiger partial charge is 0.507 e. The lowest BCUT2D eigenvalue weighted by Gasteiger charge is -2.28. The minimum Gasteiger partial charge on any atom is -0.507 e. The molecule has 0 spiro atoms. The fourth-order valence-corrected chi connectivity index (χ4v) is 4.27. The third-order valence-corrected chi connectivity index (χ3v) is 6.01. The molecule has 0 aliphatic heterocycles. The van der Waals surface area contributed by atoms with E-state index in [-0.39, 0.29) is 28.8 Å². The number of aromatic amines is 1. The number of Topliss-reactive ketones (excluding diaryl/α,β-unsaturated/α-hetero) is 1. The normalized spacial score (nSPS) is 11.7. The number of rotatable bonds is 5. The minimum atomic E-state index is -0.282. The number of ketones is 1. The zero-order valence-electron chi connectivity index (χ0n) is 17.5. The van der Waals surface area contributed by atoms with Crippen LogP contribution in [-0.2, 0) is 17.3 Å². The van der Waals surface area contributed by atoms with Gasteiger partial charge in [0.1, 0.15) is 21.6 Å². The highest BCUT2D eigenvalue weighted by atomic mass is 32.2. The highest BCUT2D eigenvalue weighted by Gasteiger charge is 2.27. The number of nitriles is 2. The Labute approximate surface area is 180 Å². The van der Waals surface area contributed by atoms with Crippen molar-refractivity contribution >= 4 is 29.3 Å². The monoisotopic (exact) mass is 427 g/mol. The number of hydrogen-bond acceptors (Lipinski definition) is 6. The van der Waals surface area contributed by atoms with E-state index in [0.29, 0.717) is 15.5 Å². The van der Waals surface area contributed by atoms with Gasteiger partial charge in [-0.05, 0) is 39.3 Å². The number of phenols is 1. The maximum absolute atomic E-state index is 13.0. The lowest BCUT2D eigenvalue weighted by Crippen LogP contribution is -2.18. The second-order valence-corrected chi connectivity index (χ2v) is 10.5. The van der Waals surface area contributed by atoms with Gasteiger partial charge in [-0.1, -0.05) is 53.7 Å². The molecule has 0 aliphatic rings. The zero-order chi connectivity index (χ0) is 22.0. The van der Waals surface area contributed by atoms with E-state index in [1.54, 1.807) is 6.20 Å². The van der Waals surface area contributed by atoms with Crippen molar-refractivity contribution in [2.75, 3.05) is 0 Å². The molecule has 0 aliphatic carbocycles. The van der Waals surface area contributed by atoms with E-state index in [9.17, 15) is 9.90 Å². The van der Waals surface area contributed by atoms with Gasteiger partial charge in [-0.15, -0.1) is 0 Å². The second kappa shape index (κ2) is 8.57. The van der Waals surface area contributed by atoms with Crippen LogP contribution in [0.2, 0.25) is 0 Å². The van der Waals surface area contributed by atoms with Crippen molar-refractivity contribution in [3.8, 4) is 16.6 Å². The molecule has 0 atom stereocenters. The molecule has 0 radical (unpaired) electrons. The highest BCUT2D eigenvalue weighted by molar-refractivity contribution is 8.06. The number of aromatic nitrogens is 1. The Morgan fingerprint density at radius 2 is 1.55 bits per heavy atom. The smallest absolute Gasteiger partial charge is 0.169 e. The zero-order valence-corrected chi connectivity index (χ0v) is 19.1. The van der Waals surface area contributed by atoms with Crippen LogP contribution in [-0.4, -0.2) is 15.9 Å². The summed E-state index contributed by atoms with van der Waals surface area (Å²) >= 11 is 1.77. The molecule has 0 unspecified atom stereocenters. The molecular formula is C22H25N3O2S2. The van der Waals surface area contributed by atoms with Crippen LogP contribution in [0.4, 0.5) is 0 Å². The Hall–Kier alpha value is -2.35. The quantitative estimate of drug-likeness (QED) is 0.351. The van der Waals surface area contributed by atoms with Gasteiger partial charge in [0, 0.05) is 24.4 Å². The molecule has 2 rings (SSSR count). The lowest BCUT2D eigenvalue weighted by atomic mass is 9.78. The van der Waals surface area contributed by atoms with Crippen molar-refractivity contribution in [1.82, 2.24) is 4.98 Å². The Morgan fingerprint density at radius 1 is 1.03 bits per heavy atom. The van der Waals surface area contributed by atoms with Crippen LogP contribution in [0, 0.1) is 21.3 Å². The van der Waals surface area contributed by atoms with Crippen molar-refractivity contribution < 1.29 is 9.90 Å². The van der Waals surface area contributed by atoms with Crippen LogP contribution in [0.15, 0.2) is 28.3 Å². The van der Waals surface area contributed by atoms with E-state index in [1.807, 2.05) is 64.5 Å². The van der Waals surface area contributed by atoms with E-state index < -0.39 is 0 Å². The predicted molar refractivity (Wildman–Crippen MR) is 117 cm³/mol. The molecule has 1 aromatic heterocycles. The van der Waals surface area contributed by atoms with Crippen molar-refractivity contribution in [3.05, 3.63) is 40.6 Å². The SMILES string of the molecule is CC(C)(C)c1cc(CC(=O)c2c[nH]c(SC#N)c2SC#N)cc(C(C)(C)C)c1O. The first kappa shape index (κ1) is 22.9. The van der Waals surface area contributed by atoms with Crippen LogP contribution in [0.3, 0.4) is 0 Å². The number of benzene rings is 1. The fourth-order valence-electron chi connectivity index (χ4n) is 3.09. The van der Waals surface area contributed by atoms with Gasteiger partial charge in [-0.25, -0.2) is 0 Å². The lowest BCUT2D eigenvalue weighted by molar-refractivity contribution is 0.0990.